The van der Waals surface area contributed by atoms with Crippen molar-refractivity contribution in [2.75, 3.05) is 6.54 Å². The number of hydrogen-bond donors (Lipinski definition) is 1. The number of hydrogen-bond acceptors (Lipinski definition) is 2. The molecule has 1 aromatic rings. The lowest BCUT2D eigenvalue weighted by Crippen LogP contribution is -2.28. The number of nitrogens with one attached hydrogen (secondary N) is 1. The quantitative estimate of drug-likeness (QED) is 0.631. The molecule has 2 heterocycles. The van der Waals surface area contributed by atoms with Crippen LogP contribution < -0.4 is 5.32 Å². The summed E-state index contributed by atoms with van der Waals surface area (Å²) in [5.41, 5.74) is 2.64. The van der Waals surface area contributed by atoms with E-state index in [2.05, 4.69) is 22.0 Å². The van der Waals surface area contributed by atoms with Crippen molar-refractivity contribution >= 4 is 0 Å². The standard InChI is InChI=1S/C7H11N3.C2H6/c1-6-4-9-10-3-2-8-5-7(6)10;1-2/h4,8H,2-3,5H2,1H3;1-2H3. The van der Waals surface area contributed by atoms with Crippen molar-refractivity contribution in [2.45, 2.75) is 33.9 Å². The van der Waals surface area contributed by atoms with Crippen LogP contribution in [0.2, 0.25) is 0 Å². The molecule has 0 aromatic carbocycles. The second-order valence-corrected chi connectivity index (χ2v) is 2.67. The van der Waals surface area contributed by atoms with Crippen LogP contribution in [0.5, 0.6) is 0 Å². The molecule has 68 valence electrons. The third-order valence-electron chi connectivity index (χ3n) is 1.95. The zero-order valence-corrected chi connectivity index (χ0v) is 8.09. The number of aryl methyl sites for hydroxylation is 1. The number of nitrogens with zero attached hydrogens (tertiary/aromatic N) is 2. The van der Waals surface area contributed by atoms with Crippen molar-refractivity contribution in [3.8, 4) is 0 Å². The lowest BCUT2D eigenvalue weighted by atomic mass is 10.2. The van der Waals surface area contributed by atoms with E-state index < -0.39 is 0 Å². The molecule has 0 saturated heterocycles. The SMILES string of the molecule is CC.Cc1cnn2c1CNCC2. The molecule has 1 aliphatic rings. The second-order valence-electron chi connectivity index (χ2n) is 2.67. The zero-order valence-electron chi connectivity index (χ0n) is 8.09. The third-order valence-corrected chi connectivity index (χ3v) is 1.95. The Labute approximate surface area is 73.8 Å². The summed E-state index contributed by atoms with van der Waals surface area (Å²) >= 11 is 0. The van der Waals surface area contributed by atoms with Crippen LogP contribution in [0.15, 0.2) is 6.20 Å². The molecule has 0 radical (unpaired) electrons. The van der Waals surface area contributed by atoms with Crippen LogP contribution in [-0.2, 0) is 13.1 Å². The van der Waals surface area contributed by atoms with E-state index in [1.165, 1.54) is 11.3 Å². The molecule has 0 unspecified atom stereocenters. The van der Waals surface area contributed by atoms with Gasteiger partial charge in [-0.15, -0.1) is 0 Å². The molecule has 0 aliphatic carbocycles. The molecule has 0 atom stereocenters. The fraction of sp³-hybridized carbons (Fsp3) is 0.667. The summed E-state index contributed by atoms with van der Waals surface area (Å²) in [5.74, 6) is 0. The maximum Gasteiger partial charge on any atom is 0.0551 e. The number of aromatic nitrogens is 2. The minimum absolute atomic E-state index is 0.978. The Morgan fingerprint density at radius 2 is 2.25 bits per heavy atom. The summed E-state index contributed by atoms with van der Waals surface area (Å²) in [7, 11) is 0. The number of rotatable bonds is 0. The average Bonchev–Trinajstić information content (AvgIpc) is 2.53. The topological polar surface area (TPSA) is 29.9 Å². The molecule has 0 bridgehead atoms. The molecule has 1 N–H and O–H groups in total. The van der Waals surface area contributed by atoms with Gasteiger partial charge in [-0.1, -0.05) is 13.8 Å². The van der Waals surface area contributed by atoms with E-state index in [1.807, 2.05) is 20.0 Å². The van der Waals surface area contributed by atoms with Gasteiger partial charge in [0.2, 0.25) is 0 Å². The van der Waals surface area contributed by atoms with Gasteiger partial charge in [0.1, 0.15) is 0 Å². The van der Waals surface area contributed by atoms with E-state index >= 15 is 0 Å². The van der Waals surface area contributed by atoms with Crippen LogP contribution in [0.25, 0.3) is 0 Å². The Bertz CT molecular complexity index is 240. The van der Waals surface area contributed by atoms with Crippen LogP contribution in [0, 0.1) is 6.92 Å². The van der Waals surface area contributed by atoms with Crippen molar-refractivity contribution in [1.82, 2.24) is 15.1 Å². The largest absolute Gasteiger partial charge is 0.309 e. The van der Waals surface area contributed by atoms with E-state index in [0.717, 1.165) is 19.6 Å². The highest BCUT2D eigenvalue weighted by Crippen LogP contribution is 2.08. The monoisotopic (exact) mass is 167 g/mol. The Morgan fingerprint density at radius 3 is 2.92 bits per heavy atom. The Hall–Kier alpha value is -0.830. The molecule has 12 heavy (non-hydrogen) atoms. The maximum absolute atomic E-state index is 4.23. The van der Waals surface area contributed by atoms with Gasteiger partial charge >= 0.3 is 0 Å². The van der Waals surface area contributed by atoms with E-state index in [4.69, 9.17) is 0 Å². The average molecular weight is 167 g/mol. The molecular weight excluding hydrogens is 150 g/mol. The van der Waals surface area contributed by atoms with Gasteiger partial charge in [0.25, 0.3) is 0 Å². The van der Waals surface area contributed by atoms with Gasteiger partial charge < -0.3 is 5.32 Å². The normalized spacial score (nSPS) is 14.6. The second kappa shape index (κ2) is 4.26. The fourth-order valence-electron chi connectivity index (χ4n) is 1.32. The molecular formula is C9H17N3. The lowest BCUT2D eigenvalue weighted by Gasteiger charge is -2.14. The first-order valence-electron chi connectivity index (χ1n) is 4.60. The molecule has 0 spiro atoms. The van der Waals surface area contributed by atoms with E-state index in [0.29, 0.717) is 0 Å². The first-order chi connectivity index (χ1) is 5.88. The number of fused-ring (bicyclic) bond motifs is 1. The summed E-state index contributed by atoms with van der Waals surface area (Å²) in [5, 5.41) is 7.54. The minimum atomic E-state index is 0.978. The first kappa shape index (κ1) is 9.26. The summed E-state index contributed by atoms with van der Waals surface area (Å²) in [4.78, 5) is 0. The van der Waals surface area contributed by atoms with Crippen molar-refractivity contribution in [1.29, 1.82) is 0 Å². The maximum atomic E-state index is 4.23. The van der Waals surface area contributed by atoms with Gasteiger partial charge in [-0.25, -0.2) is 0 Å². The van der Waals surface area contributed by atoms with E-state index in [9.17, 15) is 0 Å². The van der Waals surface area contributed by atoms with Gasteiger partial charge in [0.05, 0.1) is 18.4 Å². The van der Waals surface area contributed by atoms with Gasteiger partial charge in [-0.2, -0.15) is 5.10 Å². The molecule has 0 amide bonds. The van der Waals surface area contributed by atoms with Gasteiger partial charge in [0.15, 0.2) is 0 Å². The zero-order chi connectivity index (χ0) is 8.97. The predicted octanol–water partition coefficient (Wildman–Crippen LogP) is 1.32. The van der Waals surface area contributed by atoms with Crippen molar-refractivity contribution in [3.05, 3.63) is 17.5 Å². The molecule has 3 heteroatoms. The van der Waals surface area contributed by atoms with Crippen LogP contribution in [0.1, 0.15) is 25.1 Å². The summed E-state index contributed by atoms with van der Waals surface area (Å²) in [6.45, 7) is 9.15. The Balaban J connectivity index is 0.000000336. The molecule has 2 rings (SSSR count). The summed E-state index contributed by atoms with van der Waals surface area (Å²) in [6.07, 6.45) is 1.93. The highest BCUT2D eigenvalue weighted by atomic mass is 15.3. The fourth-order valence-corrected chi connectivity index (χ4v) is 1.32. The predicted molar refractivity (Wildman–Crippen MR) is 50.0 cm³/mol. The van der Waals surface area contributed by atoms with Crippen molar-refractivity contribution < 1.29 is 0 Å². The smallest absolute Gasteiger partial charge is 0.0551 e. The molecule has 3 nitrogen and oxygen atoms in total. The molecule has 0 saturated carbocycles. The molecule has 0 fully saturated rings. The van der Waals surface area contributed by atoms with Crippen molar-refractivity contribution in [2.24, 2.45) is 0 Å². The summed E-state index contributed by atoms with van der Waals surface area (Å²) in [6, 6.07) is 0. The molecule has 1 aliphatic heterocycles. The van der Waals surface area contributed by atoms with Crippen molar-refractivity contribution in [3.63, 3.8) is 0 Å². The molecule has 1 aromatic heterocycles. The van der Waals surface area contributed by atoms with Crippen LogP contribution in [0.4, 0.5) is 0 Å². The minimum Gasteiger partial charge on any atom is -0.309 e. The lowest BCUT2D eigenvalue weighted by molar-refractivity contribution is 0.474. The van der Waals surface area contributed by atoms with Gasteiger partial charge in [-0.05, 0) is 12.5 Å². The third kappa shape index (κ3) is 1.67. The highest BCUT2D eigenvalue weighted by Gasteiger charge is 2.09. The first-order valence-corrected chi connectivity index (χ1v) is 4.60. The highest BCUT2D eigenvalue weighted by molar-refractivity contribution is 5.16. The summed E-state index contributed by atoms with van der Waals surface area (Å²) < 4.78 is 2.08. The van der Waals surface area contributed by atoms with Gasteiger partial charge in [0, 0.05) is 13.1 Å². The Morgan fingerprint density at radius 1 is 1.50 bits per heavy atom. The Kier molecular flexibility index (Phi) is 3.29. The van der Waals surface area contributed by atoms with Crippen LogP contribution in [0.3, 0.4) is 0 Å². The van der Waals surface area contributed by atoms with Crippen LogP contribution in [-0.4, -0.2) is 16.3 Å². The van der Waals surface area contributed by atoms with E-state index in [-0.39, 0.29) is 0 Å². The van der Waals surface area contributed by atoms with E-state index in [1.54, 1.807) is 0 Å². The van der Waals surface area contributed by atoms with Crippen LogP contribution >= 0.6 is 0 Å². The van der Waals surface area contributed by atoms with Gasteiger partial charge in [-0.3, -0.25) is 4.68 Å².